The molecule has 2 aromatic rings. The molecular weight excluding hydrogens is 168 g/mol. The van der Waals surface area contributed by atoms with E-state index in [9.17, 15) is 0 Å². The van der Waals surface area contributed by atoms with E-state index in [0.717, 1.165) is 11.3 Å². The lowest BCUT2D eigenvalue weighted by molar-refractivity contribution is 1.12. The van der Waals surface area contributed by atoms with Crippen molar-refractivity contribution in [1.82, 2.24) is 10.2 Å². The van der Waals surface area contributed by atoms with Gasteiger partial charge in [-0.25, -0.2) is 0 Å². The zero-order valence-corrected chi connectivity index (χ0v) is 7.69. The molecule has 1 aromatic heterocycles. The highest BCUT2D eigenvalue weighted by atomic mass is 32.2. The molecule has 0 radical (unpaired) electrons. The van der Waals surface area contributed by atoms with Crippen molar-refractivity contribution in [1.29, 1.82) is 0 Å². The summed E-state index contributed by atoms with van der Waals surface area (Å²) < 4.78 is 0. The second kappa shape index (κ2) is 3.19. The van der Waals surface area contributed by atoms with E-state index in [1.165, 1.54) is 10.3 Å². The highest BCUT2D eigenvalue weighted by Gasteiger charge is 1.96. The van der Waals surface area contributed by atoms with Gasteiger partial charge in [-0.15, -0.1) is 11.8 Å². The van der Waals surface area contributed by atoms with Gasteiger partial charge in [0.2, 0.25) is 0 Å². The molecule has 0 amide bonds. The van der Waals surface area contributed by atoms with Gasteiger partial charge in [-0.1, -0.05) is 6.92 Å². The highest BCUT2D eigenvalue weighted by molar-refractivity contribution is 7.99. The van der Waals surface area contributed by atoms with Gasteiger partial charge in [0.15, 0.2) is 0 Å². The number of thioether (sulfide) groups is 1. The summed E-state index contributed by atoms with van der Waals surface area (Å²) in [5.41, 5.74) is 1.11. The van der Waals surface area contributed by atoms with E-state index in [1.54, 1.807) is 0 Å². The van der Waals surface area contributed by atoms with Crippen LogP contribution in [-0.4, -0.2) is 16.0 Å². The number of H-pyrrole nitrogens is 1. The number of rotatable bonds is 2. The first-order chi connectivity index (χ1) is 5.90. The Balaban J connectivity index is 2.46. The SMILES string of the molecule is CCSc1ccc2[nH]ncc2c1. The van der Waals surface area contributed by atoms with E-state index in [2.05, 4.69) is 35.3 Å². The zero-order valence-electron chi connectivity index (χ0n) is 6.87. The number of nitrogens with zero attached hydrogens (tertiary/aromatic N) is 1. The molecule has 1 heterocycles. The van der Waals surface area contributed by atoms with Crippen LogP contribution in [0.1, 0.15) is 6.92 Å². The molecule has 1 N–H and O–H groups in total. The van der Waals surface area contributed by atoms with Crippen LogP contribution in [0.2, 0.25) is 0 Å². The zero-order chi connectivity index (χ0) is 8.39. The average molecular weight is 178 g/mol. The fraction of sp³-hybridized carbons (Fsp3) is 0.222. The van der Waals surface area contributed by atoms with Gasteiger partial charge in [0.1, 0.15) is 0 Å². The molecule has 2 rings (SSSR count). The Labute approximate surface area is 75.4 Å². The first-order valence-corrected chi connectivity index (χ1v) is 4.94. The van der Waals surface area contributed by atoms with Crippen molar-refractivity contribution in [3.8, 4) is 0 Å². The Morgan fingerprint density at radius 3 is 3.25 bits per heavy atom. The number of aromatic nitrogens is 2. The minimum Gasteiger partial charge on any atom is -0.278 e. The Bertz CT molecular complexity index is 381. The number of benzene rings is 1. The molecule has 0 aliphatic carbocycles. The van der Waals surface area contributed by atoms with Crippen LogP contribution in [0.5, 0.6) is 0 Å². The van der Waals surface area contributed by atoms with E-state index >= 15 is 0 Å². The second-order valence-corrected chi connectivity index (χ2v) is 3.89. The molecule has 3 heteroatoms. The first-order valence-electron chi connectivity index (χ1n) is 3.96. The van der Waals surface area contributed by atoms with Gasteiger partial charge < -0.3 is 0 Å². The molecule has 0 aliphatic rings. The van der Waals surface area contributed by atoms with Crippen LogP contribution in [0.4, 0.5) is 0 Å². The predicted octanol–water partition coefficient (Wildman–Crippen LogP) is 2.67. The van der Waals surface area contributed by atoms with E-state index in [1.807, 2.05) is 18.0 Å². The standard InChI is InChI=1S/C9H10N2S/c1-2-12-8-3-4-9-7(5-8)6-10-11-9/h3-6H,2H2,1H3,(H,10,11). The van der Waals surface area contributed by atoms with Crippen molar-refractivity contribution in [3.63, 3.8) is 0 Å². The second-order valence-electron chi connectivity index (χ2n) is 2.55. The largest absolute Gasteiger partial charge is 0.278 e. The molecular formula is C9H10N2S. The van der Waals surface area contributed by atoms with Crippen LogP contribution in [0, 0.1) is 0 Å². The van der Waals surface area contributed by atoms with Crippen LogP contribution in [0.3, 0.4) is 0 Å². The van der Waals surface area contributed by atoms with Gasteiger partial charge >= 0.3 is 0 Å². The van der Waals surface area contributed by atoms with Crippen LogP contribution in [0.25, 0.3) is 10.9 Å². The Hall–Kier alpha value is -0.960. The maximum Gasteiger partial charge on any atom is 0.0651 e. The quantitative estimate of drug-likeness (QED) is 0.716. The summed E-state index contributed by atoms with van der Waals surface area (Å²) in [4.78, 5) is 1.31. The molecule has 0 atom stereocenters. The van der Waals surface area contributed by atoms with E-state index < -0.39 is 0 Å². The number of fused-ring (bicyclic) bond motifs is 1. The van der Waals surface area contributed by atoms with E-state index in [4.69, 9.17) is 0 Å². The Kier molecular flexibility index (Phi) is 2.04. The predicted molar refractivity (Wildman–Crippen MR) is 52.5 cm³/mol. The van der Waals surface area contributed by atoms with Gasteiger partial charge in [-0.2, -0.15) is 5.10 Å². The summed E-state index contributed by atoms with van der Waals surface area (Å²) in [5, 5.41) is 8.09. The number of hydrogen-bond donors (Lipinski definition) is 1. The Morgan fingerprint density at radius 1 is 1.50 bits per heavy atom. The van der Waals surface area contributed by atoms with Gasteiger partial charge in [0.05, 0.1) is 11.7 Å². The highest BCUT2D eigenvalue weighted by Crippen LogP contribution is 2.21. The van der Waals surface area contributed by atoms with Crippen LogP contribution in [0.15, 0.2) is 29.3 Å². The molecule has 0 fully saturated rings. The van der Waals surface area contributed by atoms with Crippen LogP contribution >= 0.6 is 11.8 Å². The third-order valence-electron chi connectivity index (χ3n) is 1.72. The lowest BCUT2D eigenvalue weighted by atomic mass is 10.3. The van der Waals surface area contributed by atoms with Gasteiger partial charge in [0.25, 0.3) is 0 Å². The summed E-state index contributed by atoms with van der Waals surface area (Å²) in [7, 11) is 0. The molecule has 0 saturated carbocycles. The molecule has 0 bridgehead atoms. The normalized spacial score (nSPS) is 10.8. The van der Waals surface area contributed by atoms with E-state index in [-0.39, 0.29) is 0 Å². The summed E-state index contributed by atoms with van der Waals surface area (Å²) in [5.74, 6) is 1.11. The molecule has 0 spiro atoms. The molecule has 0 aliphatic heterocycles. The van der Waals surface area contributed by atoms with Gasteiger partial charge in [-0.05, 0) is 24.0 Å². The topological polar surface area (TPSA) is 28.7 Å². The van der Waals surface area contributed by atoms with Crippen molar-refractivity contribution >= 4 is 22.7 Å². The fourth-order valence-electron chi connectivity index (χ4n) is 1.18. The minimum absolute atomic E-state index is 1.11. The van der Waals surface area contributed by atoms with Gasteiger partial charge in [0, 0.05) is 10.3 Å². The number of hydrogen-bond acceptors (Lipinski definition) is 2. The fourth-order valence-corrected chi connectivity index (χ4v) is 1.89. The average Bonchev–Trinajstić information content (AvgIpc) is 2.51. The number of aromatic amines is 1. The molecule has 2 nitrogen and oxygen atoms in total. The van der Waals surface area contributed by atoms with Crippen molar-refractivity contribution in [2.75, 3.05) is 5.75 Å². The summed E-state index contributed by atoms with van der Waals surface area (Å²) in [6.07, 6.45) is 1.86. The summed E-state index contributed by atoms with van der Waals surface area (Å²) in [6, 6.07) is 6.35. The third kappa shape index (κ3) is 1.32. The lowest BCUT2D eigenvalue weighted by Gasteiger charge is -1.96. The first kappa shape index (κ1) is 7.68. The molecule has 0 unspecified atom stereocenters. The lowest BCUT2D eigenvalue weighted by Crippen LogP contribution is -1.72. The van der Waals surface area contributed by atoms with Crippen LogP contribution < -0.4 is 0 Å². The third-order valence-corrected chi connectivity index (χ3v) is 2.60. The maximum absolute atomic E-state index is 3.97. The van der Waals surface area contributed by atoms with Crippen LogP contribution in [-0.2, 0) is 0 Å². The molecule has 12 heavy (non-hydrogen) atoms. The molecule has 0 saturated heterocycles. The van der Waals surface area contributed by atoms with Crippen molar-refractivity contribution < 1.29 is 0 Å². The van der Waals surface area contributed by atoms with Crippen molar-refractivity contribution in [2.45, 2.75) is 11.8 Å². The van der Waals surface area contributed by atoms with E-state index in [0.29, 0.717) is 0 Å². The Morgan fingerprint density at radius 2 is 2.42 bits per heavy atom. The minimum atomic E-state index is 1.11. The van der Waals surface area contributed by atoms with Crippen molar-refractivity contribution in [2.24, 2.45) is 0 Å². The number of nitrogens with one attached hydrogen (secondary N) is 1. The smallest absolute Gasteiger partial charge is 0.0651 e. The summed E-state index contributed by atoms with van der Waals surface area (Å²) >= 11 is 1.85. The molecule has 1 aromatic carbocycles. The monoisotopic (exact) mass is 178 g/mol. The summed E-state index contributed by atoms with van der Waals surface area (Å²) in [6.45, 7) is 2.16. The maximum atomic E-state index is 3.97. The van der Waals surface area contributed by atoms with Gasteiger partial charge in [-0.3, -0.25) is 5.10 Å². The van der Waals surface area contributed by atoms with Crippen molar-refractivity contribution in [3.05, 3.63) is 24.4 Å². The molecule has 62 valence electrons.